The summed E-state index contributed by atoms with van der Waals surface area (Å²) in [6.07, 6.45) is 3.54. The SMILES string of the molecule is CC1(Nc2c([N+](=O)[O-])ccc(F)c2F)CCCC1. The van der Waals surface area contributed by atoms with Crippen LogP contribution in [0, 0.1) is 21.7 Å². The van der Waals surface area contributed by atoms with Crippen LogP contribution in [0.2, 0.25) is 0 Å². The van der Waals surface area contributed by atoms with Crippen LogP contribution in [0.25, 0.3) is 0 Å². The first-order valence-corrected chi connectivity index (χ1v) is 5.83. The van der Waals surface area contributed by atoms with Crippen molar-refractivity contribution < 1.29 is 13.7 Å². The fourth-order valence-corrected chi connectivity index (χ4v) is 2.39. The van der Waals surface area contributed by atoms with Gasteiger partial charge in [-0.25, -0.2) is 8.78 Å². The van der Waals surface area contributed by atoms with Gasteiger partial charge in [0.05, 0.1) is 4.92 Å². The number of anilines is 1. The van der Waals surface area contributed by atoms with E-state index in [2.05, 4.69) is 5.32 Å². The van der Waals surface area contributed by atoms with Crippen LogP contribution >= 0.6 is 0 Å². The Kier molecular flexibility index (Phi) is 3.19. The number of nitrogens with one attached hydrogen (secondary N) is 1. The van der Waals surface area contributed by atoms with Gasteiger partial charge in [0, 0.05) is 11.6 Å². The van der Waals surface area contributed by atoms with Crippen LogP contribution in [0.4, 0.5) is 20.2 Å². The van der Waals surface area contributed by atoms with Crippen molar-refractivity contribution in [3.63, 3.8) is 0 Å². The van der Waals surface area contributed by atoms with Gasteiger partial charge in [0.25, 0.3) is 5.69 Å². The first kappa shape index (κ1) is 12.7. The first-order valence-electron chi connectivity index (χ1n) is 5.83. The Morgan fingerprint density at radius 3 is 2.50 bits per heavy atom. The maximum atomic E-state index is 13.7. The van der Waals surface area contributed by atoms with Crippen molar-refractivity contribution in [3.05, 3.63) is 33.9 Å². The highest BCUT2D eigenvalue weighted by molar-refractivity contribution is 5.63. The van der Waals surface area contributed by atoms with Crippen molar-refractivity contribution in [2.24, 2.45) is 0 Å². The summed E-state index contributed by atoms with van der Waals surface area (Å²) in [5.74, 6) is -2.26. The van der Waals surface area contributed by atoms with Gasteiger partial charge in [-0.3, -0.25) is 10.1 Å². The lowest BCUT2D eigenvalue weighted by Crippen LogP contribution is -2.31. The van der Waals surface area contributed by atoms with Crippen molar-refractivity contribution >= 4 is 11.4 Å². The lowest BCUT2D eigenvalue weighted by molar-refractivity contribution is -0.384. The minimum Gasteiger partial charge on any atom is -0.372 e. The zero-order valence-corrected chi connectivity index (χ0v) is 10.0. The number of nitro benzene ring substituents is 1. The van der Waals surface area contributed by atoms with E-state index in [1.807, 2.05) is 6.92 Å². The van der Waals surface area contributed by atoms with E-state index in [-0.39, 0.29) is 5.69 Å². The zero-order valence-electron chi connectivity index (χ0n) is 10.0. The summed E-state index contributed by atoms with van der Waals surface area (Å²) in [5, 5.41) is 13.7. The molecule has 0 spiro atoms. The predicted octanol–water partition coefficient (Wildman–Crippen LogP) is 3.62. The summed E-state index contributed by atoms with van der Waals surface area (Å²) in [6, 6.07) is 1.76. The van der Waals surface area contributed by atoms with Crippen molar-refractivity contribution in [2.75, 3.05) is 5.32 Å². The molecule has 1 saturated carbocycles. The number of halogens is 2. The van der Waals surface area contributed by atoms with Gasteiger partial charge >= 0.3 is 0 Å². The second-order valence-electron chi connectivity index (χ2n) is 4.91. The average Bonchev–Trinajstić information content (AvgIpc) is 2.72. The van der Waals surface area contributed by atoms with Crippen LogP contribution in [0.3, 0.4) is 0 Å². The molecule has 1 aromatic carbocycles. The Balaban J connectivity index is 2.41. The molecule has 1 aliphatic carbocycles. The minimum absolute atomic E-state index is 0.343. The Morgan fingerprint density at radius 1 is 1.33 bits per heavy atom. The highest BCUT2D eigenvalue weighted by Crippen LogP contribution is 2.37. The topological polar surface area (TPSA) is 55.2 Å². The van der Waals surface area contributed by atoms with Crippen LogP contribution in [0.1, 0.15) is 32.6 Å². The molecular weight excluding hydrogens is 242 g/mol. The second-order valence-corrected chi connectivity index (χ2v) is 4.91. The number of hydrogen-bond acceptors (Lipinski definition) is 3. The van der Waals surface area contributed by atoms with E-state index in [9.17, 15) is 18.9 Å². The number of benzene rings is 1. The van der Waals surface area contributed by atoms with Crippen molar-refractivity contribution in [1.29, 1.82) is 0 Å². The maximum Gasteiger partial charge on any atom is 0.295 e. The van der Waals surface area contributed by atoms with Gasteiger partial charge in [-0.15, -0.1) is 0 Å². The highest BCUT2D eigenvalue weighted by Gasteiger charge is 2.32. The van der Waals surface area contributed by atoms with Gasteiger partial charge < -0.3 is 5.32 Å². The third kappa shape index (κ3) is 2.27. The van der Waals surface area contributed by atoms with Crippen LogP contribution in [-0.2, 0) is 0 Å². The molecule has 0 heterocycles. The normalized spacial score (nSPS) is 17.7. The Bertz CT molecular complexity index is 485. The molecule has 1 fully saturated rings. The summed E-state index contributed by atoms with van der Waals surface area (Å²) in [7, 11) is 0. The molecule has 0 saturated heterocycles. The molecule has 2 rings (SSSR count). The molecule has 98 valence electrons. The fraction of sp³-hybridized carbons (Fsp3) is 0.500. The summed E-state index contributed by atoms with van der Waals surface area (Å²) >= 11 is 0. The van der Waals surface area contributed by atoms with Crippen LogP contribution in [0.15, 0.2) is 12.1 Å². The molecule has 18 heavy (non-hydrogen) atoms. The van der Waals surface area contributed by atoms with Crippen LogP contribution < -0.4 is 5.32 Å². The number of rotatable bonds is 3. The third-order valence-electron chi connectivity index (χ3n) is 3.40. The van der Waals surface area contributed by atoms with Crippen LogP contribution in [0.5, 0.6) is 0 Å². The van der Waals surface area contributed by atoms with Gasteiger partial charge in [0.1, 0.15) is 0 Å². The molecule has 0 atom stereocenters. The second kappa shape index (κ2) is 4.51. The van der Waals surface area contributed by atoms with E-state index in [1.165, 1.54) is 0 Å². The lowest BCUT2D eigenvalue weighted by Gasteiger charge is -2.26. The molecule has 4 nitrogen and oxygen atoms in total. The maximum absolute atomic E-state index is 13.7. The quantitative estimate of drug-likeness (QED) is 0.663. The Morgan fingerprint density at radius 2 is 1.94 bits per heavy atom. The molecule has 1 N–H and O–H groups in total. The van der Waals surface area contributed by atoms with E-state index in [0.717, 1.165) is 37.8 Å². The van der Waals surface area contributed by atoms with Crippen molar-refractivity contribution in [3.8, 4) is 0 Å². The average molecular weight is 256 g/mol. The lowest BCUT2D eigenvalue weighted by atomic mass is 10.00. The van der Waals surface area contributed by atoms with Crippen molar-refractivity contribution in [1.82, 2.24) is 0 Å². The van der Waals surface area contributed by atoms with Gasteiger partial charge in [-0.05, 0) is 25.8 Å². The Hall–Kier alpha value is -1.72. The van der Waals surface area contributed by atoms with Gasteiger partial charge in [-0.1, -0.05) is 12.8 Å². The molecule has 0 radical (unpaired) electrons. The molecule has 0 bridgehead atoms. The Labute approximate surface area is 103 Å². The molecular formula is C12H14F2N2O2. The molecule has 0 amide bonds. The standard InChI is InChI=1S/C12H14F2N2O2/c1-12(6-2-3-7-12)15-11-9(16(17)18)5-4-8(13)10(11)14/h4-5,15H,2-3,6-7H2,1H3. The van der Waals surface area contributed by atoms with Gasteiger partial charge in [0.15, 0.2) is 17.3 Å². The van der Waals surface area contributed by atoms with Gasteiger partial charge in [-0.2, -0.15) is 0 Å². The third-order valence-corrected chi connectivity index (χ3v) is 3.40. The molecule has 1 aliphatic rings. The fourth-order valence-electron chi connectivity index (χ4n) is 2.39. The molecule has 1 aromatic rings. The molecule has 0 aromatic heterocycles. The molecule has 0 aliphatic heterocycles. The summed E-state index contributed by atoms with van der Waals surface area (Å²) < 4.78 is 26.9. The van der Waals surface area contributed by atoms with E-state index in [0.29, 0.717) is 0 Å². The first-order chi connectivity index (χ1) is 8.43. The van der Waals surface area contributed by atoms with E-state index in [4.69, 9.17) is 0 Å². The number of nitrogens with zero attached hydrogens (tertiary/aromatic N) is 1. The number of hydrogen-bond donors (Lipinski definition) is 1. The summed E-state index contributed by atoms with van der Waals surface area (Å²) in [4.78, 5) is 10.1. The van der Waals surface area contributed by atoms with E-state index < -0.39 is 27.8 Å². The molecule has 6 heteroatoms. The molecule has 0 unspecified atom stereocenters. The summed E-state index contributed by atoms with van der Waals surface area (Å²) in [5.41, 5.74) is -1.18. The predicted molar refractivity (Wildman–Crippen MR) is 63.5 cm³/mol. The van der Waals surface area contributed by atoms with E-state index in [1.54, 1.807) is 0 Å². The number of nitro groups is 1. The summed E-state index contributed by atoms with van der Waals surface area (Å²) in [6.45, 7) is 1.87. The minimum atomic E-state index is -1.18. The van der Waals surface area contributed by atoms with Crippen molar-refractivity contribution in [2.45, 2.75) is 38.1 Å². The zero-order chi connectivity index (χ0) is 13.3. The largest absolute Gasteiger partial charge is 0.372 e. The highest BCUT2D eigenvalue weighted by atomic mass is 19.2. The monoisotopic (exact) mass is 256 g/mol. The van der Waals surface area contributed by atoms with E-state index >= 15 is 0 Å². The van der Waals surface area contributed by atoms with Gasteiger partial charge in [0.2, 0.25) is 0 Å². The smallest absolute Gasteiger partial charge is 0.295 e. The van der Waals surface area contributed by atoms with Crippen LogP contribution in [-0.4, -0.2) is 10.5 Å².